The summed E-state index contributed by atoms with van der Waals surface area (Å²) in [7, 11) is 3.19. The number of nitrogens with zero attached hydrogens (tertiary/aromatic N) is 1. The van der Waals surface area contributed by atoms with Crippen molar-refractivity contribution in [3.63, 3.8) is 0 Å². The summed E-state index contributed by atoms with van der Waals surface area (Å²) in [5.41, 5.74) is 2.77. The van der Waals surface area contributed by atoms with E-state index >= 15 is 0 Å². The van der Waals surface area contributed by atoms with Gasteiger partial charge < -0.3 is 19.7 Å². The zero-order valence-corrected chi connectivity index (χ0v) is 24.2. The highest BCUT2D eigenvalue weighted by Crippen LogP contribution is 2.28. The molecule has 1 atom stereocenters. The number of carbonyl (C=O) groups is 2. The molecule has 4 rings (SSSR count). The van der Waals surface area contributed by atoms with Crippen LogP contribution in [0.4, 0.5) is 0 Å². The molecule has 1 saturated carbocycles. The van der Waals surface area contributed by atoms with Crippen molar-refractivity contribution in [3.05, 3.63) is 94.5 Å². The first-order valence-electron chi connectivity index (χ1n) is 14.1. The van der Waals surface area contributed by atoms with Crippen molar-refractivity contribution >= 4 is 23.4 Å². The van der Waals surface area contributed by atoms with E-state index in [9.17, 15) is 9.59 Å². The molecule has 0 radical (unpaired) electrons. The Balaban J connectivity index is 1.61. The maximum atomic E-state index is 14.0. The Morgan fingerprint density at radius 2 is 1.60 bits per heavy atom. The number of amides is 2. The number of hydrogen-bond donors (Lipinski definition) is 1. The van der Waals surface area contributed by atoms with Crippen molar-refractivity contribution in [2.75, 3.05) is 14.2 Å². The van der Waals surface area contributed by atoms with Gasteiger partial charge in [-0.05, 0) is 54.2 Å². The topological polar surface area (TPSA) is 67.9 Å². The van der Waals surface area contributed by atoms with Crippen LogP contribution in [0.1, 0.15) is 55.2 Å². The lowest BCUT2D eigenvalue weighted by molar-refractivity contribution is -0.141. The number of nitrogens with one attached hydrogen (secondary N) is 1. The van der Waals surface area contributed by atoms with Crippen molar-refractivity contribution in [1.29, 1.82) is 0 Å². The minimum Gasteiger partial charge on any atom is -0.493 e. The summed E-state index contributed by atoms with van der Waals surface area (Å²) in [5.74, 6) is 1.05. The van der Waals surface area contributed by atoms with E-state index in [4.69, 9.17) is 21.1 Å². The van der Waals surface area contributed by atoms with Crippen molar-refractivity contribution in [3.8, 4) is 11.5 Å². The second-order valence-corrected chi connectivity index (χ2v) is 10.8. The maximum Gasteiger partial charge on any atom is 0.243 e. The van der Waals surface area contributed by atoms with Crippen LogP contribution in [0.5, 0.6) is 11.5 Å². The highest BCUT2D eigenvalue weighted by Gasteiger charge is 2.32. The lowest BCUT2D eigenvalue weighted by Crippen LogP contribution is -2.53. The van der Waals surface area contributed by atoms with Crippen molar-refractivity contribution in [1.82, 2.24) is 10.2 Å². The van der Waals surface area contributed by atoms with Crippen LogP contribution in [0.15, 0.2) is 72.8 Å². The van der Waals surface area contributed by atoms with Crippen LogP contribution >= 0.6 is 11.6 Å². The first-order chi connectivity index (χ1) is 19.5. The fourth-order valence-electron chi connectivity index (χ4n) is 5.34. The molecule has 0 aromatic heterocycles. The van der Waals surface area contributed by atoms with Crippen LogP contribution in [0.25, 0.3) is 0 Å². The number of hydrogen-bond acceptors (Lipinski definition) is 4. The van der Waals surface area contributed by atoms with Crippen LogP contribution in [0.2, 0.25) is 5.02 Å². The minimum atomic E-state index is -0.668. The molecule has 212 valence electrons. The van der Waals surface area contributed by atoms with Crippen molar-refractivity contribution < 1.29 is 19.1 Å². The number of ether oxygens (including phenoxy) is 2. The molecule has 40 heavy (non-hydrogen) atoms. The van der Waals surface area contributed by atoms with Crippen LogP contribution in [-0.4, -0.2) is 43.0 Å². The largest absolute Gasteiger partial charge is 0.493 e. The van der Waals surface area contributed by atoms with Gasteiger partial charge in [0.05, 0.1) is 14.2 Å². The lowest BCUT2D eigenvalue weighted by atomic mass is 9.94. The number of methoxy groups -OCH3 is 2. The second kappa shape index (κ2) is 14.8. The second-order valence-electron chi connectivity index (χ2n) is 10.4. The monoisotopic (exact) mass is 562 g/mol. The summed E-state index contributed by atoms with van der Waals surface area (Å²) >= 11 is 6.54. The summed E-state index contributed by atoms with van der Waals surface area (Å²) in [6, 6.07) is 22.5. The first-order valence-corrected chi connectivity index (χ1v) is 14.4. The molecule has 1 aliphatic rings. The van der Waals surface area contributed by atoms with Gasteiger partial charge in [-0.15, -0.1) is 0 Å². The third-order valence-electron chi connectivity index (χ3n) is 7.60. The smallest absolute Gasteiger partial charge is 0.243 e. The summed E-state index contributed by atoms with van der Waals surface area (Å²) in [4.78, 5) is 29.6. The average Bonchev–Trinajstić information content (AvgIpc) is 2.99. The van der Waals surface area contributed by atoms with Crippen LogP contribution in [0.3, 0.4) is 0 Å². The highest BCUT2D eigenvalue weighted by molar-refractivity contribution is 6.31. The molecule has 2 amide bonds. The summed E-state index contributed by atoms with van der Waals surface area (Å²) in [6.07, 6.45) is 6.54. The van der Waals surface area contributed by atoms with Gasteiger partial charge in [-0.1, -0.05) is 85.5 Å². The standard InChI is InChI=1S/C33H39ClN2O4/c1-39-30-19-17-25(22-31(30)40-2)18-20-32(37)36(23-26-13-9-10-16-28(26)34)29(21-24-11-5-3-6-12-24)33(38)35-27-14-7-4-8-15-27/h3,5-6,9-13,16-17,19,22,27,29H,4,7-8,14-15,18,20-21,23H2,1-2H3,(H,35,38)/t29-/m0/s1. The molecule has 0 spiro atoms. The number of rotatable bonds is 12. The van der Waals surface area contributed by atoms with E-state index < -0.39 is 6.04 Å². The Labute approximate surface area is 242 Å². The molecular formula is C33H39ClN2O4. The van der Waals surface area contributed by atoms with Crippen molar-refractivity contribution in [2.24, 2.45) is 0 Å². The lowest BCUT2D eigenvalue weighted by Gasteiger charge is -2.33. The van der Waals surface area contributed by atoms with E-state index in [1.807, 2.05) is 72.8 Å². The zero-order chi connectivity index (χ0) is 28.3. The van der Waals surface area contributed by atoms with Gasteiger partial charge in [0, 0.05) is 30.5 Å². The fourth-order valence-corrected chi connectivity index (χ4v) is 5.53. The Kier molecular flexibility index (Phi) is 10.9. The third kappa shape index (κ3) is 8.01. The molecule has 7 heteroatoms. The van der Waals surface area contributed by atoms with Gasteiger partial charge in [-0.25, -0.2) is 0 Å². The Morgan fingerprint density at radius 1 is 0.900 bits per heavy atom. The van der Waals surface area contributed by atoms with E-state index in [-0.39, 0.29) is 30.8 Å². The van der Waals surface area contributed by atoms with E-state index in [0.717, 1.165) is 42.4 Å². The molecule has 1 aliphatic carbocycles. The molecule has 3 aromatic carbocycles. The maximum absolute atomic E-state index is 14.0. The first kappa shape index (κ1) is 29.5. The molecule has 1 fully saturated rings. The Bertz CT molecular complexity index is 1260. The van der Waals surface area contributed by atoms with Gasteiger partial charge in [0.25, 0.3) is 0 Å². The molecule has 3 aromatic rings. The molecular weight excluding hydrogens is 524 g/mol. The van der Waals surface area contributed by atoms with Crippen LogP contribution < -0.4 is 14.8 Å². The fraction of sp³-hybridized carbons (Fsp3) is 0.394. The van der Waals surface area contributed by atoms with Gasteiger partial charge in [0.2, 0.25) is 11.8 Å². The minimum absolute atomic E-state index is 0.102. The molecule has 0 saturated heterocycles. The third-order valence-corrected chi connectivity index (χ3v) is 7.97. The normalized spacial score (nSPS) is 14.3. The number of carbonyl (C=O) groups excluding carboxylic acids is 2. The average molecular weight is 563 g/mol. The molecule has 0 bridgehead atoms. The Morgan fingerprint density at radius 3 is 2.30 bits per heavy atom. The number of aryl methyl sites for hydroxylation is 1. The SMILES string of the molecule is COc1ccc(CCC(=O)N(Cc2ccccc2Cl)[C@@H](Cc2ccccc2)C(=O)NC2CCCCC2)cc1OC. The van der Waals surface area contributed by atoms with Gasteiger partial charge in [-0.3, -0.25) is 9.59 Å². The van der Waals surface area contributed by atoms with E-state index in [2.05, 4.69) is 5.32 Å². The highest BCUT2D eigenvalue weighted by atomic mass is 35.5. The van der Waals surface area contributed by atoms with Gasteiger partial charge in [0.15, 0.2) is 11.5 Å². The Hall–Kier alpha value is -3.51. The molecule has 0 unspecified atom stereocenters. The quantitative estimate of drug-likeness (QED) is 0.278. The predicted molar refractivity (Wildman–Crippen MR) is 159 cm³/mol. The van der Waals surface area contributed by atoms with Gasteiger partial charge >= 0.3 is 0 Å². The van der Waals surface area contributed by atoms with Gasteiger partial charge in [0.1, 0.15) is 6.04 Å². The molecule has 0 aliphatic heterocycles. The van der Waals surface area contributed by atoms with Gasteiger partial charge in [-0.2, -0.15) is 0 Å². The van der Waals surface area contributed by atoms with Crippen LogP contribution in [-0.2, 0) is 29.0 Å². The van der Waals surface area contributed by atoms with E-state index in [0.29, 0.717) is 29.4 Å². The zero-order valence-electron chi connectivity index (χ0n) is 23.4. The van der Waals surface area contributed by atoms with E-state index in [1.54, 1.807) is 19.1 Å². The molecule has 0 heterocycles. The van der Waals surface area contributed by atoms with Crippen molar-refractivity contribution in [2.45, 2.75) is 70.0 Å². The van der Waals surface area contributed by atoms with Crippen LogP contribution in [0, 0.1) is 0 Å². The summed E-state index contributed by atoms with van der Waals surface area (Å²) in [5, 5.41) is 3.86. The predicted octanol–water partition coefficient (Wildman–Crippen LogP) is 6.38. The van der Waals surface area contributed by atoms with E-state index in [1.165, 1.54) is 6.42 Å². The number of halogens is 1. The number of benzene rings is 3. The summed E-state index contributed by atoms with van der Waals surface area (Å²) in [6.45, 7) is 0.250. The summed E-state index contributed by atoms with van der Waals surface area (Å²) < 4.78 is 10.8. The molecule has 1 N–H and O–H groups in total. The molecule has 6 nitrogen and oxygen atoms in total.